The number of hydrogen-bond acceptors (Lipinski definition) is 8. The van der Waals surface area contributed by atoms with Crippen LogP contribution in [0.3, 0.4) is 0 Å². The number of nitrogens with two attached hydrogens (primary N) is 1. The molecule has 2 amide bonds. The van der Waals surface area contributed by atoms with E-state index in [2.05, 4.69) is 60.7 Å². The van der Waals surface area contributed by atoms with Crippen molar-refractivity contribution in [2.24, 2.45) is 5.73 Å². The van der Waals surface area contributed by atoms with Gasteiger partial charge in [0.15, 0.2) is 16.1 Å². The molecule has 0 radical (unpaired) electrons. The third kappa shape index (κ3) is 9.78. The lowest BCUT2D eigenvalue weighted by Crippen LogP contribution is -2.39. The number of carbonyl (C=O) groups excluding carboxylic acids is 2. The van der Waals surface area contributed by atoms with Crippen LogP contribution in [0.15, 0.2) is 127 Å². The molecule has 2 aliphatic carbocycles. The lowest BCUT2D eigenvalue weighted by atomic mass is 9.78. The lowest BCUT2D eigenvalue weighted by molar-refractivity contribution is -0.179. The summed E-state index contributed by atoms with van der Waals surface area (Å²) in [5.41, 5.74) is 17.7. The summed E-state index contributed by atoms with van der Waals surface area (Å²) in [7, 11) is -3.29. The molecule has 9 nitrogen and oxygen atoms in total. The van der Waals surface area contributed by atoms with Crippen molar-refractivity contribution >= 4 is 50.3 Å². The summed E-state index contributed by atoms with van der Waals surface area (Å²) in [6, 6.07) is 35.8. The molecule has 1 fully saturated rings. The van der Waals surface area contributed by atoms with Crippen molar-refractivity contribution in [3.05, 3.63) is 159 Å². The molecule has 2 unspecified atom stereocenters. The number of allylic oxidation sites excluding steroid dienone is 3. The summed E-state index contributed by atoms with van der Waals surface area (Å²) in [6.07, 6.45) is 13.4. The zero-order chi connectivity index (χ0) is 41.5. The fourth-order valence-corrected chi connectivity index (χ4v) is 10.4. The molecule has 2 aliphatic heterocycles. The number of benzene rings is 4. The summed E-state index contributed by atoms with van der Waals surface area (Å²) in [5.74, 6) is -0.871. The van der Waals surface area contributed by atoms with Gasteiger partial charge in [0, 0.05) is 34.6 Å². The predicted molar refractivity (Wildman–Crippen MR) is 238 cm³/mol. The first kappa shape index (κ1) is 41.3. The number of nitrogens with zero attached hydrogens (tertiary/aromatic N) is 1. The number of thiophene rings is 1. The van der Waals surface area contributed by atoms with Gasteiger partial charge in [-0.25, -0.2) is 13.3 Å². The largest absolute Gasteiger partial charge is 0.370 e. The van der Waals surface area contributed by atoms with Gasteiger partial charge in [0.25, 0.3) is 5.91 Å². The highest BCUT2D eigenvalue weighted by Gasteiger charge is 2.27. The fourth-order valence-electron chi connectivity index (χ4n) is 8.11. The van der Waals surface area contributed by atoms with Gasteiger partial charge in [-0.1, -0.05) is 103 Å². The lowest BCUT2D eigenvalue weighted by Gasteiger charge is -2.29. The van der Waals surface area contributed by atoms with E-state index in [0.717, 1.165) is 66.4 Å². The molecule has 0 spiro atoms. The van der Waals surface area contributed by atoms with Crippen LogP contribution in [0.25, 0.3) is 33.2 Å². The summed E-state index contributed by atoms with van der Waals surface area (Å²) >= 11 is 1.80. The molecule has 4 aromatic carbocycles. The average Bonchev–Trinajstić information content (AvgIpc) is 3.78. The van der Waals surface area contributed by atoms with E-state index in [-0.39, 0.29) is 18.9 Å². The van der Waals surface area contributed by atoms with Gasteiger partial charge in [-0.3, -0.25) is 9.59 Å². The van der Waals surface area contributed by atoms with Gasteiger partial charge in [-0.15, -0.1) is 11.3 Å². The summed E-state index contributed by atoms with van der Waals surface area (Å²) < 4.78 is 34.0. The maximum Gasteiger partial charge on any atom is 0.276 e. The van der Waals surface area contributed by atoms with Gasteiger partial charge in [-0.05, 0) is 113 Å². The van der Waals surface area contributed by atoms with Gasteiger partial charge in [-0.2, -0.15) is 5.06 Å². The Kier molecular flexibility index (Phi) is 13.0. The molecule has 3 heterocycles. The number of rotatable bonds is 11. The van der Waals surface area contributed by atoms with Crippen LogP contribution >= 0.6 is 11.3 Å². The van der Waals surface area contributed by atoms with E-state index in [1.807, 2.05) is 48.5 Å². The minimum atomic E-state index is -3.29. The Morgan fingerprint density at radius 1 is 0.817 bits per heavy atom. The van der Waals surface area contributed by atoms with Crippen LogP contribution in [0.1, 0.15) is 64.8 Å². The summed E-state index contributed by atoms with van der Waals surface area (Å²) in [5, 5.41) is 1.68. The van der Waals surface area contributed by atoms with Gasteiger partial charge >= 0.3 is 0 Å². The molecule has 1 saturated heterocycles. The number of hydrogen-bond donors (Lipinski definition) is 1. The highest BCUT2D eigenvalue weighted by molar-refractivity contribution is 7.95. The Morgan fingerprint density at radius 3 is 2.45 bits per heavy atom. The van der Waals surface area contributed by atoms with Crippen molar-refractivity contribution in [3.8, 4) is 21.6 Å². The number of aryl methyl sites for hydroxylation is 1. The molecular formula is C49H48N2O7S2. The highest BCUT2D eigenvalue weighted by atomic mass is 32.2. The Bertz CT molecular complexity index is 2550. The molecule has 5 aromatic rings. The first-order chi connectivity index (χ1) is 29.2. The second-order valence-corrected chi connectivity index (χ2v) is 18.4. The average molecular weight is 841 g/mol. The fraction of sp³-hybridized carbons (Fsp3) is 0.265. The quantitative estimate of drug-likeness (QED) is 0.131. The Morgan fingerprint density at radius 2 is 1.63 bits per heavy atom. The van der Waals surface area contributed by atoms with Gasteiger partial charge in [0.1, 0.15) is 6.61 Å². The van der Waals surface area contributed by atoms with Crippen LogP contribution in [0.4, 0.5) is 5.69 Å². The number of amides is 2. The van der Waals surface area contributed by atoms with Crippen LogP contribution in [0.2, 0.25) is 0 Å². The number of primary amides is 1. The number of sulfone groups is 1. The van der Waals surface area contributed by atoms with E-state index in [1.165, 1.54) is 61.0 Å². The van der Waals surface area contributed by atoms with E-state index in [1.54, 1.807) is 17.4 Å². The van der Waals surface area contributed by atoms with E-state index >= 15 is 0 Å². The van der Waals surface area contributed by atoms with Crippen molar-refractivity contribution in [3.63, 3.8) is 0 Å². The van der Waals surface area contributed by atoms with Crippen LogP contribution in [-0.2, 0) is 59.6 Å². The number of ether oxygens (including phenoxy) is 2. The molecule has 4 aliphatic rings. The van der Waals surface area contributed by atoms with E-state index < -0.39 is 27.3 Å². The molecular weight excluding hydrogens is 793 g/mol. The van der Waals surface area contributed by atoms with Crippen molar-refractivity contribution in [2.75, 3.05) is 18.3 Å². The maximum atomic E-state index is 13.5. The Labute approximate surface area is 355 Å². The number of anilines is 1. The number of carbonyl (C=O) groups is 2. The smallest absolute Gasteiger partial charge is 0.276 e. The first-order valence-electron chi connectivity index (χ1n) is 20.5. The minimum absolute atomic E-state index is 0.0969. The van der Waals surface area contributed by atoms with E-state index in [9.17, 15) is 18.0 Å². The maximum absolute atomic E-state index is 13.5. The summed E-state index contributed by atoms with van der Waals surface area (Å²) in [6.45, 7) is 0.890. The van der Waals surface area contributed by atoms with Crippen LogP contribution in [0.5, 0.6) is 0 Å². The van der Waals surface area contributed by atoms with Gasteiger partial charge < -0.3 is 15.2 Å². The highest BCUT2D eigenvalue weighted by Crippen LogP contribution is 2.42. The van der Waals surface area contributed by atoms with E-state index in [0.29, 0.717) is 18.9 Å². The second kappa shape index (κ2) is 18.9. The topological polar surface area (TPSA) is 125 Å². The second-order valence-electron chi connectivity index (χ2n) is 15.3. The first-order valence-corrected chi connectivity index (χ1v) is 22.9. The predicted octanol–water partition coefficient (Wildman–Crippen LogP) is 9.40. The SMILES string of the molecule is NC(=O)CC1C=CC=CS1(=O)=O.O=C(COCc1ccccc1)N(OC1CCCCO1)c1cccc(-c2ccc(C3=Cc4ccc5c(c4CC3)CCc3ccccc3-5)s2)c1. The van der Waals surface area contributed by atoms with Crippen LogP contribution in [0, 0.1) is 0 Å². The van der Waals surface area contributed by atoms with Crippen LogP contribution in [-0.4, -0.2) is 45.0 Å². The molecule has 11 heteroatoms. The third-order valence-corrected chi connectivity index (χ3v) is 14.0. The van der Waals surface area contributed by atoms with Crippen LogP contribution < -0.4 is 10.8 Å². The number of fused-ring (bicyclic) bond motifs is 5. The normalized spacial score (nSPS) is 18.5. The van der Waals surface area contributed by atoms with Gasteiger partial charge in [0.2, 0.25) is 5.91 Å². The van der Waals surface area contributed by atoms with Crippen molar-refractivity contribution in [1.82, 2.24) is 0 Å². The van der Waals surface area contributed by atoms with Crippen molar-refractivity contribution in [2.45, 2.75) is 69.5 Å². The van der Waals surface area contributed by atoms with Crippen molar-refractivity contribution in [1.29, 1.82) is 0 Å². The Balaban J connectivity index is 0.000000360. The molecule has 0 saturated carbocycles. The summed E-state index contributed by atoms with van der Waals surface area (Å²) in [4.78, 5) is 32.6. The molecule has 0 bridgehead atoms. The molecule has 2 atom stereocenters. The zero-order valence-corrected chi connectivity index (χ0v) is 35.0. The van der Waals surface area contributed by atoms with Gasteiger partial charge in [0.05, 0.1) is 17.5 Å². The molecule has 308 valence electrons. The van der Waals surface area contributed by atoms with E-state index in [4.69, 9.17) is 20.0 Å². The molecule has 60 heavy (non-hydrogen) atoms. The Hall–Kier alpha value is -5.43. The monoisotopic (exact) mass is 840 g/mol. The molecule has 2 N–H and O–H groups in total. The number of hydroxylamine groups is 1. The molecule has 9 rings (SSSR count). The van der Waals surface area contributed by atoms with Crippen molar-refractivity contribution < 1.29 is 32.3 Å². The molecule has 1 aromatic heterocycles. The standard InChI is InChI=1S/C42H39NO4S.C7H9NO3S/c44-41(28-45-27-29-9-2-1-3-10-29)43(47-42-15-6-7-24-46-42)34-13-8-12-32(26-34)39-22-23-40(48-39)33-18-19-36-31(25-33)17-21-37-35-14-5-4-11-30(35)16-20-38(36)37;8-7(9)5-6-3-1-2-4-12(6,10)11/h1-5,8-14,17,21-23,25-26,42H,6-7,15-16,18-20,24,27-28H2;1-4,6H,5H2,(H2,8,9). The zero-order valence-electron chi connectivity index (χ0n) is 33.3. The minimum Gasteiger partial charge on any atom is -0.370 e. The third-order valence-electron chi connectivity index (χ3n) is 11.1.